The molecule has 0 spiro atoms. The lowest BCUT2D eigenvalue weighted by Crippen LogP contribution is -2.36. The second-order valence-corrected chi connectivity index (χ2v) is 6.10. The number of benzene rings is 1. The zero-order chi connectivity index (χ0) is 16.8. The van der Waals surface area contributed by atoms with E-state index in [0.29, 0.717) is 24.2 Å². The minimum atomic E-state index is -0.781. The van der Waals surface area contributed by atoms with E-state index in [1.807, 2.05) is 13.8 Å². The fourth-order valence-corrected chi connectivity index (χ4v) is 1.87. The number of carbonyl (C=O) groups is 2. The molecule has 1 aromatic carbocycles. The van der Waals surface area contributed by atoms with E-state index in [1.54, 1.807) is 6.92 Å². The molecule has 1 rings (SSSR count). The summed E-state index contributed by atoms with van der Waals surface area (Å²) in [5.74, 6) is -1.91. The molecule has 0 unspecified atom stereocenters. The third kappa shape index (κ3) is 5.81. The monoisotopic (exact) mass is 310 g/mol. The molecule has 0 heterocycles. The molecular formula is C16H23FN2O3. The van der Waals surface area contributed by atoms with Gasteiger partial charge in [-0.2, -0.15) is 0 Å². The highest BCUT2D eigenvalue weighted by Crippen LogP contribution is 2.20. The average molecular weight is 310 g/mol. The summed E-state index contributed by atoms with van der Waals surface area (Å²) in [5, 5.41) is 14.1. The Hall–Kier alpha value is -1.95. The van der Waals surface area contributed by atoms with Gasteiger partial charge in [0.1, 0.15) is 5.82 Å². The minimum Gasteiger partial charge on any atom is -0.396 e. The Kier molecular flexibility index (Phi) is 6.49. The fraction of sp³-hybridized carbons (Fsp3) is 0.500. The quantitative estimate of drug-likeness (QED) is 0.555. The third-order valence-corrected chi connectivity index (χ3v) is 3.39. The number of carbonyl (C=O) groups excluding carboxylic acids is 2. The predicted molar refractivity (Wildman–Crippen MR) is 82.9 cm³/mol. The molecule has 0 aliphatic heterocycles. The Bertz CT molecular complexity index is 544. The summed E-state index contributed by atoms with van der Waals surface area (Å²) >= 11 is 0. The van der Waals surface area contributed by atoms with E-state index < -0.39 is 17.6 Å². The van der Waals surface area contributed by atoms with Crippen molar-refractivity contribution in [3.05, 3.63) is 29.6 Å². The van der Waals surface area contributed by atoms with Crippen molar-refractivity contribution in [1.29, 1.82) is 0 Å². The molecule has 0 fully saturated rings. The van der Waals surface area contributed by atoms with Crippen LogP contribution in [0, 0.1) is 18.2 Å². The summed E-state index contributed by atoms with van der Waals surface area (Å²) in [6, 6.07) is 3.92. The molecule has 2 amide bonds. The van der Waals surface area contributed by atoms with Gasteiger partial charge in [-0.05, 0) is 48.9 Å². The number of amides is 2. The molecule has 122 valence electrons. The summed E-state index contributed by atoms with van der Waals surface area (Å²) in [5.41, 5.74) is 0.756. The summed E-state index contributed by atoms with van der Waals surface area (Å²) in [4.78, 5) is 23.4. The van der Waals surface area contributed by atoms with E-state index in [2.05, 4.69) is 10.6 Å². The number of nitrogens with one attached hydrogen (secondary N) is 2. The number of rotatable bonds is 6. The van der Waals surface area contributed by atoms with Crippen molar-refractivity contribution < 1.29 is 19.1 Å². The van der Waals surface area contributed by atoms with Crippen LogP contribution in [0.1, 0.15) is 32.3 Å². The van der Waals surface area contributed by atoms with Crippen molar-refractivity contribution in [3.63, 3.8) is 0 Å². The number of anilines is 1. The van der Waals surface area contributed by atoms with Crippen molar-refractivity contribution in [2.45, 2.75) is 33.6 Å². The van der Waals surface area contributed by atoms with Gasteiger partial charge in [-0.1, -0.05) is 13.8 Å². The Morgan fingerprint density at radius 3 is 2.55 bits per heavy atom. The first-order valence-corrected chi connectivity index (χ1v) is 7.21. The molecule has 22 heavy (non-hydrogen) atoms. The van der Waals surface area contributed by atoms with Gasteiger partial charge in [0.05, 0.1) is 0 Å². The Labute approximate surface area is 129 Å². The van der Waals surface area contributed by atoms with Crippen molar-refractivity contribution in [2.24, 2.45) is 5.41 Å². The molecule has 0 saturated carbocycles. The van der Waals surface area contributed by atoms with Crippen LogP contribution in [-0.4, -0.2) is 30.1 Å². The molecule has 3 N–H and O–H groups in total. The van der Waals surface area contributed by atoms with Crippen molar-refractivity contribution in [2.75, 3.05) is 18.5 Å². The van der Waals surface area contributed by atoms with E-state index in [9.17, 15) is 14.0 Å². The molecule has 0 aromatic heterocycles. The third-order valence-electron chi connectivity index (χ3n) is 3.39. The molecule has 0 aliphatic carbocycles. The molecule has 0 bridgehead atoms. The van der Waals surface area contributed by atoms with Gasteiger partial charge in [-0.25, -0.2) is 4.39 Å². The first-order valence-electron chi connectivity index (χ1n) is 7.21. The van der Waals surface area contributed by atoms with Gasteiger partial charge < -0.3 is 15.7 Å². The number of aryl methyl sites for hydroxylation is 1. The number of hydrogen-bond donors (Lipinski definition) is 3. The van der Waals surface area contributed by atoms with E-state index in [-0.39, 0.29) is 12.0 Å². The Morgan fingerprint density at radius 1 is 1.27 bits per heavy atom. The summed E-state index contributed by atoms with van der Waals surface area (Å²) in [7, 11) is 0. The molecule has 5 nitrogen and oxygen atoms in total. The van der Waals surface area contributed by atoms with Crippen molar-refractivity contribution >= 4 is 17.5 Å². The number of halogens is 1. The predicted octanol–water partition coefficient (Wildman–Crippen LogP) is 1.99. The second kappa shape index (κ2) is 7.89. The fourth-order valence-electron chi connectivity index (χ4n) is 1.87. The topological polar surface area (TPSA) is 78.4 Å². The number of aliphatic hydroxyl groups is 1. The Balaban J connectivity index is 2.41. The Morgan fingerprint density at radius 2 is 1.95 bits per heavy atom. The molecule has 0 aliphatic rings. The molecule has 1 aromatic rings. The van der Waals surface area contributed by atoms with E-state index >= 15 is 0 Å². The van der Waals surface area contributed by atoms with Gasteiger partial charge in [-0.15, -0.1) is 0 Å². The molecular weight excluding hydrogens is 287 g/mol. The molecule has 0 saturated heterocycles. The summed E-state index contributed by atoms with van der Waals surface area (Å²) in [6.07, 6.45) is 1.41. The number of hydrogen-bond acceptors (Lipinski definition) is 3. The van der Waals surface area contributed by atoms with Crippen LogP contribution in [0.2, 0.25) is 0 Å². The van der Waals surface area contributed by atoms with Gasteiger partial charge >= 0.3 is 11.8 Å². The van der Waals surface area contributed by atoms with E-state index in [0.717, 1.165) is 6.42 Å². The highest BCUT2D eigenvalue weighted by Gasteiger charge is 2.17. The van der Waals surface area contributed by atoms with Crippen LogP contribution in [0.4, 0.5) is 10.1 Å². The highest BCUT2D eigenvalue weighted by atomic mass is 19.1. The van der Waals surface area contributed by atoms with Gasteiger partial charge in [0, 0.05) is 18.8 Å². The van der Waals surface area contributed by atoms with Gasteiger partial charge in [0.15, 0.2) is 0 Å². The maximum Gasteiger partial charge on any atom is 0.313 e. The average Bonchev–Trinajstić information content (AvgIpc) is 2.46. The summed E-state index contributed by atoms with van der Waals surface area (Å²) < 4.78 is 13.0. The van der Waals surface area contributed by atoms with Crippen LogP contribution in [-0.2, 0) is 9.59 Å². The van der Waals surface area contributed by atoms with Gasteiger partial charge in [0.2, 0.25) is 0 Å². The van der Waals surface area contributed by atoms with Crippen LogP contribution in [0.25, 0.3) is 0 Å². The molecule has 6 heteroatoms. The van der Waals surface area contributed by atoms with Crippen molar-refractivity contribution in [3.8, 4) is 0 Å². The normalized spacial score (nSPS) is 11.1. The lowest BCUT2D eigenvalue weighted by Gasteiger charge is -2.21. The highest BCUT2D eigenvalue weighted by molar-refractivity contribution is 6.39. The van der Waals surface area contributed by atoms with Gasteiger partial charge in [0.25, 0.3) is 0 Å². The van der Waals surface area contributed by atoms with E-state index in [1.165, 1.54) is 18.2 Å². The van der Waals surface area contributed by atoms with Crippen LogP contribution >= 0.6 is 0 Å². The zero-order valence-corrected chi connectivity index (χ0v) is 13.2. The lowest BCUT2D eigenvalue weighted by atomic mass is 9.89. The maximum atomic E-state index is 13.0. The van der Waals surface area contributed by atoms with Crippen LogP contribution < -0.4 is 10.6 Å². The zero-order valence-electron chi connectivity index (χ0n) is 13.2. The SMILES string of the molecule is Cc1cc(F)ccc1NC(=O)C(=O)NCCCC(C)(C)CO. The van der Waals surface area contributed by atoms with E-state index in [4.69, 9.17) is 5.11 Å². The lowest BCUT2D eigenvalue weighted by molar-refractivity contribution is -0.136. The van der Waals surface area contributed by atoms with Crippen LogP contribution in [0.5, 0.6) is 0 Å². The van der Waals surface area contributed by atoms with Crippen molar-refractivity contribution in [1.82, 2.24) is 5.32 Å². The first-order chi connectivity index (χ1) is 10.2. The maximum absolute atomic E-state index is 13.0. The largest absolute Gasteiger partial charge is 0.396 e. The molecule has 0 atom stereocenters. The van der Waals surface area contributed by atoms with Gasteiger partial charge in [-0.3, -0.25) is 9.59 Å². The standard InChI is InChI=1S/C16H23FN2O3/c1-11-9-12(17)5-6-13(11)19-15(22)14(21)18-8-4-7-16(2,3)10-20/h5-6,9,20H,4,7-8,10H2,1-3H3,(H,18,21)(H,19,22). The second-order valence-electron chi connectivity index (χ2n) is 6.10. The first kappa shape index (κ1) is 18.1. The van der Waals surface area contributed by atoms with Crippen LogP contribution in [0.3, 0.4) is 0 Å². The minimum absolute atomic E-state index is 0.0747. The smallest absolute Gasteiger partial charge is 0.313 e. The van der Waals surface area contributed by atoms with Crippen LogP contribution in [0.15, 0.2) is 18.2 Å². The molecule has 0 radical (unpaired) electrons. The number of aliphatic hydroxyl groups excluding tert-OH is 1. The summed E-state index contributed by atoms with van der Waals surface area (Å²) in [6.45, 7) is 5.94.